The minimum atomic E-state index is -0.599. The number of hydrogen-bond donors (Lipinski definition) is 1. The third-order valence-electron chi connectivity index (χ3n) is 3.72. The van der Waals surface area contributed by atoms with Gasteiger partial charge in [-0.3, -0.25) is 0 Å². The quantitative estimate of drug-likeness (QED) is 0.884. The molecule has 2 nitrogen and oxygen atoms in total. The molecule has 1 heterocycles. The molecule has 1 aliphatic rings. The first kappa shape index (κ1) is 13.4. The number of hydrogen-bond acceptors (Lipinski definition) is 2. The highest BCUT2D eigenvalue weighted by Crippen LogP contribution is 2.41. The monoisotopic (exact) mass is 247 g/mol. The first-order chi connectivity index (χ1) is 8.28. The van der Waals surface area contributed by atoms with E-state index in [1.165, 1.54) is 16.8 Å². The predicted octanol–water partition coefficient (Wildman–Crippen LogP) is 3.47. The van der Waals surface area contributed by atoms with E-state index in [9.17, 15) is 5.11 Å². The minimum Gasteiger partial charge on any atom is -0.390 e. The van der Waals surface area contributed by atoms with Crippen LogP contribution in [0.4, 0.5) is 5.69 Å². The van der Waals surface area contributed by atoms with E-state index in [4.69, 9.17) is 0 Å². The molecule has 1 atom stereocenters. The van der Waals surface area contributed by atoms with Gasteiger partial charge in [-0.2, -0.15) is 0 Å². The fourth-order valence-corrected chi connectivity index (χ4v) is 2.96. The van der Waals surface area contributed by atoms with Crippen LogP contribution in [0.2, 0.25) is 0 Å². The largest absolute Gasteiger partial charge is 0.390 e. The summed E-state index contributed by atoms with van der Waals surface area (Å²) in [6, 6.07) is 7.21. The number of fused-ring (bicyclic) bond motifs is 1. The summed E-state index contributed by atoms with van der Waals surface area (Å²) >= 11 is 0. The van der Waals surface area contributed by atoms with E-state index in [2.05, 4.69) is 43.9 Å². The van der Waals surface area contributed by atoms with Gasteiger partial charge < -0.3 is 10.0 Å². The van der Waals surface area contributed by atoms with Crippen LogP contribution in [0.1, 0.15) is 51.2 Å². The van der Waals surface area contributed by atoms with Gasteiger partial charge in [-0.05, 0) is 52.7 Å². The lowest BCUT2D eigenvalue weighted by molar-refractivity contribution is 0.0643. The van der Waals surface area contributed by atoms with Gasteiger partial charge in [0.05, 0.1) is 5.60 Å². The average molecular weight is 247 g/mol. The van der Waals surface area contributed by atoms with Gasteiger partial charge in [-0.25, -0.2) is 0 Å². The van der Waals surface area contributed by atoms with Crippen molar-refractivity contribution < 1.29 is 5.11 Å². The summed E-state index contributed by atoms with van der Waals surface area (Å²) < 4.78 is 0. The average Bonchev–Trinajstić information content (AvgIpc) is 2.54. The molecule has 2 heteroatoms. The molecule has 0 saturated heterocycles. The van der Waals surface area contributed by atoms with Crippen molar-refractivity contribution in [2.24, 2.45) is 0 Å². The molecular formula is C16H25NO. The SMILES string of the molecule is Cc1ccc2c(c1)C(CC(C)(C)O)CN2C(C)C. The number of nitrogens with zero attached hydrogens (tertiary/aromatic N) is 1. The van der Waals surface area contributed by atoms with E-state index >= 15 is 0 Å². The Labute approximate surface area is 111 Å². The Bertz CT molecular complexity index is 431. The number of anilines is 1. The van der Waals surface area contributed by atoms with E-state index in [0.717, 1.165) is 13.0 Å². The summed E-state index contributed by atoms with van der Waals surface area (Å²) in [5, 5.41) is 10.1. The van der Waals surface area contributed by atoms with Gasteiger partial charge >= 0.3 is 0 Å². The van der Waals surface area contributed by atoms with E-state index in [1.54, 1.807) is 0 Å². The first-order valence-electron chi connectivity index (χ1n) is 6.87. The summed E-state index contributed by atoms with van der Waals surface area (Å²) in [4.78, 5) is 2.45. The Kier molecular flexibility index (Phi) is 3.41. The van der Waals surface area contributed by atoms with Gasteiger partial charge in [0.2, 0.25) is 0 Å². The maximum atomic E-state index is 10.1. The van der Waals surface area contributed by atoms with Gasteiger partial charge in [-0.1, -0.05) is 17.7 Å². The van der Waals surface area contributed by atoms with Crippen LogP contribution in [0.25, 0.3) is 0 Å². The van der Waals surface area contributed by atoms with Gasteiger partial charge in [0, 0.05) is 24.2 Å². The van der Waals surface area contributed by atoms with E-state index in [0.29, 0.717) is 12.0 Å². The van der Waals surface area contributed by atoms with Crippen LogP contribution in [0.15, 0.2) is 18.2 Å². The molecule has 1 N–H and O–H groups in total. The standard InChI is InChI=1S/C16H25NO/c1-11(2)17-10-13(9-16(4,5)18)14-8-12(3)6-7-15(14)17/h6-8,11,13,18H,9-10H2,1-5H3. The molecule has 0 amide bonds. The van der Waals surface area contributed by atoms with Gasteiger partial charge in [0.15, 0.2) is 0 Å². The number of benzene rings is 1. The summed E-state index contributed by atoms with van der Waals surface area (Å²) in [5.41, 5.74) is 3.47. The second-order valence-corrected chi connectivity index (χ2v) is 6.52. The smallest absolute Gasteiger partial charge is 0.0598 e. The minimum absolute atomic E-state index is 0.447. The summed E-state index contributed by atoms with van der Waals surface area (Å²) in [5.74, 6) is 0.447. The molecule has 1 aliphatic heterocycles. The van der Waals surface area contributed by atoms with Crippen LogP contribution in [0.3, 0.4) is 0 Å². The highest BCUT2D eigenvalue weighted by Gasteiger charge is 2.33. The van der Waals surface area contributed by atoms with E-state index < -0.39 is 5.60 Å². The van der Waals surface area contributed by atoms with Crippen molar-refractivity contribution in [2.45, 2.75) is 58.6 Å². The predicted molar refractivity (Wildman–Crippen MR) is 77.3 cm³/mol. The molecule has 0 radical (unpaired) electrons. The van der Waals surface area contributed by atoms with E-state index in [-0.39, 0.29) is 0 Å². The molecule has 0 aromatic heterocycles. The van der Waals surface area contributed by atoms with Crippen molar-refractivity contribution in [3.8, 4) is 0 Å². The van der Waals surface area contributed by atoms with Crippen molar-refractivity contribution >= 4 is 5.69 Å². The Hall–Kier alpha value is -1.02. The number of aryl methyl sites for hydroxylation is 1. The molecule has 1 aromatic carbocycles. The van der Waals surface area contributed by atoms with Crippen LogP contribution in [0, 0.1) is 6.92 Å². The van der Waals surface area contributed by atoms with Gasteiger partial charge in [0.25, 0.3) is 0 Å². The maximum absolute atomic E-state index is 10.1. The van der Waals surface area contributed by atoms with Gasteiger partial charge in [0.1, 0.15) is 0 Å². The fourth-order valence-electron chi connectivity index (χ4n) is 2.96. The zero-order valence-corrected chi connectivity index (χ0v) is 12.2. The molecular weight excluding hydrogens is 222 g/mol. The molecule has 2 rings (SSSR count). The van der Waals surface area contributed by atoms with Crippen LogP contribution in [-0.2, 0) is 0 Å². The van der Waals surface area contributed by atoms with Gasteiger partial charge in [-0.15, -0.1) is 0 Å². The Morgan fingerprint density at radius 2 is 2.06 bits per heavy atom. The normalized spacial score (nSPS) is 19.5. The third kappa shape index (κ3) is 2.69. The topological polar surface area (TPSA) is 23.5 Å². The van der Waals surface area contributed by atoms with Crippen molar-refractivity contribution in [3.63, 3.8) is 0 Å². The molecule has 100 valence electrons. The lowest BCUT2D eigenvalue weighted by Gasteiger charge is -2.26. The molecule has 1 unspecified atom stereocenters. The maximum Gasteiger partial charge on any atom is 0.0598 e. The second kappa shape index (κ2) is 4.58. The molecule has 0 aliphatic carbocycles. The Morgan fingerprint density at radius 3 is 2.61 bits per heavy atom. The van der Waals surface area contributed by atoms with Crippen LogP contribution in [0.5, 0.6) is 0 Å². The van der Waals surface area contributed by atoms with Crippen molar-refractivity contribution in [2.75, 3.05) is 11.4 Å². The molecule has 0 saturated carbocycles. The summed E-state index contributed by atoms with van der Waals surface area (Å²) in [6.07, 6.45) is 0.826. The molecule has 0 spiro atoms. The lowest BCUT2D eigenvalue weighted by atomic mass is 9.89. The van der Waals surface area contributed by atoms with Crippen LogP contribution in [-0.4, -0.2) is 23.3 Å². The number of aliphatic hydroxyl groups is 1. The zero-order chi connectivity index (χ0) is 13.5. The van der Waals surface area contributed by atoms with E-state index in [1.807, 2.05) is 13.8 Å². The lowest BCUT2D eigenvalue weighted by Crippen LogP contribution is -2.31. The summed E-state index contributed by atoms with van der Waals surface area (Å²) in [6.45, 7) is 11.4. The number of rotatable bonds is 3. The van der Waals surface area contributed by atoms with Crippen LogP contribution < -0.4 is 4.90 Å². The Balaban J connectivity index is 2.35. The Morgan fingerprint density at radius 1 is 1.39 bits per heavy atom. The highest BCUT2D eigenvalue weighted by molar-refractivity contribution is 5.61. The van der Waals surface area contributed by atoms with Crippen molar-refractivity contribution in [3.05, 3.63) is 29.3 Å². The fraction of sp³-hybridized carbons (Fsp3) is 0.625. The molecule has 0 bridgehead atoms. The zero-order valence-electron chi connectivity index (χ0n) is 12.2. The molecule has 1 aromatic rings. The first-order valence-corrected chi connectivity index (χ1v) is 6.87. The second-order valence-electron chi connectivity index (χ2n) is 6.52. The highest BCUT2D eigenvalue weighted by atomic mass is 16.3. The molecule has 0 fully saturated rings. The third-order valence-corrected chi connectivity index (χ3v) is 3.72. The molecule has 18 heavy (non-hydrogen) atoms. The summed E-state index contributed by atoms with van der Waals surface area (Å²) in [7, 11) is 0. The van der Waals surface area contributed by atoms with Crippen LogP contribution >= 0.6 is 0 Å². The van der Waals surface area contributed by atoms with Crippen molar-refractivity contribution in [1.29, 1.82) is 0 Å². The van der Waals surface area contributed by atoms with Crippen molar-refractivity contribution in [1.82, 2.24) is 0 Å².